The maximum absolute atomic E-state index is 12.1. The molecule has 0 atom stereocenters. The third-order valence-electron chi connectivity index (χ3n) is 3.87. The smallest absolute Gasteiger partial charge is 0.262 e. The van der Waals surface area contributed by atoms with E-state index in [1.165, 1.54) is 6.42 Å². The molecule has 2 aromatic rings. The maximum Gasteiger partial charge on any atom is 0.262 e. The van der Waals surface area contributed by atoms with Crippen LogP contribution in [0.3, 0.4) is 0 Å². The van der Waals surface area contributed by atoms with E-state index >= 15 is 0 Å². The molecule has 0 aliphatic carbocycles. The van der Waals surface area contributed by atoms with Crippen molar-refractivity contribution < 1.29 is 14.3 Å². The summed E-state index contributed by atoms with van der Waals surface area (Å²) in [4.78, 5) is 14.3. The fourth-order valence-electron chi connectivity index (χ4n) is 2.40. The number of unbranched alkanes of at least 4 members (excludes halogenated alkanes) is 1. The molecule has 0 heterocycles. The summed E-state index contributed by atoms with van der Waals surface area (Å²) in [7, 11) is 3.64. The van der Waals surface area contributed by atoms with Gasteiger partial charge in [-0.1, -0.05) is 25.5 Å². The zero-order chi connectivity index (χ0) is 18.1. The second-order valence-electron chi connectivity index (χ2n) is 5.81. The second-order valence-corrected chi connectivity index (χ2v) is 5.81. The van der Waals surface area contributed by atoms with E-state index in [1.807, 2.05) is 36.4 Å². The topological polar surface area (TPSA) is 50.8 Å². The number of carbonyl (C=O) groups is 1. The summed E-state index contributed by atoms with van der Waals surface area (Å²) in [6.45, 7) is 3.13. The first-order chi connectivity index (χ1) is 12.1. The molecule has 0 aliphatic rings. The van der Waals surface area contributed by atoms with Crippen LogP contribution in [0.15, 0.2) is 48.5 Å². The lowest BCUT2D eigenvalue weighted by Gasteiger charge is -2.19. The van der Waals surface area contributed by atoms with Crippen LogP contribution in [-0.2, 0) is 4.79 Å². The molecule has 0 spiro atoms. The molecule has 5 nitrogen and oxygen atoms in total. The molecule has 0 radical (unpaired) electrons. The Morgan fingerprint density at radius 3 is 2.40 bits per heavy atom. The van der Waals surface area contributed by atoms with E-state index in [1.54, 1.807) is 19.2 Å². The number of amides is 1. The Labute approximate surface area is 149 Å². The van der Waals surface area contributed by atoms with Gasteiger partial charge in [-0.25, -0.2) is 0 Å². The van der Waals surface area contributed by atoms with E-state index in [0.717, 1.165) is 24.3 Å². The molecule has 0 aliphatic heterocycles. The Hall–Kier alpha value is -2.69. The van der Waals surface area contributed by atoms with E-state index < -0.39 is 0 Å². The molecule has 134 valence electrons. The minimum Gasteiger partial charge on any atom is -0.493 e. The summed E-state index contributed by atoms with van der Waals surface area (Å²) in [5, 5.41) is 2.84. The summed E-state index contributed by atoms with van der Waals surface area (Å²) in [6.07, 6.45) is 2.33. The third kappa shape index (κ3) is 5.71. The van der Waals surface area contributed by atoms with E-state index in [4.69, 9.17) is 9.47 Å². The number of rotatable bonds is 9. The van der Waals surface area contributed by atoms with Crippen molar-refractivity contribution in [2.45, 2.75) is 19.8 Å². The normalized spacial score (nSPS) is 10.2. The van der Waals surface area contributed by atoms with Crippen molar-refractivity contribution in [3.05, 3.63) is 48.5 Å². The summed E-state index contributed by atoms with van der Waals surface area (Å²) in [6, 6.07) is 15.1. The monoisotopic (exact) mass is 342 g/mol. The van der Waals surface area contributed by atoms with Crippen LogP contribution in [0.1, 0.15) is 19.8 Å². The van der Waals surface area contributed by atoms with Gasteiger partial charge in [-0.15, -0.1) is 0 Å². The highest BCUT2D eigenvalue weighted by Gasteiger charge is 2.08. The van der Waals surface area contributed by atoms with Gasteiger partial charge >= 0.3 is 0 Å². The largest absolute Gasteiger partial charge is 0.493 e. The van der Waals surface area contributed by atoms with Crippen LogP contribution in [0, 0.1) is 0 Å². The molecule has 2 aromatic carbocycles. The van der Waals surface area contributed by atoms with Gasteiger partial charge in [-0.05, 0) is 42.8 Å². The van der Waals surface area contributed by atoms with Crippen molar-refractivity contribution in [2.24, 2.45) is 0 Å². The van der Waals surface area contributed by atoms with Crippen molar-refractivity contribution in [1.82, 2.24) is 0 Å². The lowest BCUT2D eigenvalue weighted by molar-refractivity contribution is -0.118. The number of hydrogen-bond acceptors (Lipinski definition) is 4. The summed E-state index contributed by atoms with van der Waals surface area (Å²) in [5.74, 6) is 0.945. The van der Waals surface area contributed by atoms with Crippen LogP contribution < -0.4 is 19.7 Å². The van der Waals surface area contributed by atoms with Crippen molar-refractivity contribution >= 4 is 17.3 Å². The van der Waals surface area contributed by atoms with Crippen molar-refractivity contribution in [2.75, 3.05) is 37.5 Å². The number of hydrogen-bond donors (Lipinski definition) is 1. The molecule has 0 saturated carbocycles. The molecular formula is C20H26N2O3. The Bertz CT molecular complexity index is 671. The minimum absolute atomic E-state index is 0.0709. The van der Waals surface area contributed by atoms with Crippen LogP contribution in [0.25, 0.3) is 0 Å². The van der Waals surface area contributed by atoms with Gasteiger partial charge in [0.1, 0.15) is 0 Å². The molecule has 0 saturated heterocycles. The van der Waals surface area contributed by atoms with Crippen molar-refractivity contribution in [1.29, 1.82) is 0 Å². The highest BCUT2D eigenvalue weighted by molar-refractivity contribution is 5.92. The highest BCUT2D eigenvalue weighted by Crippen LogP contribution is 2.25. The summed E-state index contributed by atoms with van der Waals surface area (Å²) < 4.78 is 10.7. The Balaban J connectivity index is 1.86. The van der Waals surface area contributed by atoms with E-state index in [-0.39, 0.29) is 12.5 Å². The van der Waals surface area contributed by atoms with E-state index in [2.05, 4.69) is 24.2 Å². The lowest BCUT2D eigenvalue weighted by atomic mass is 10.2. The molecule has 1 amide bonds. The first kappa shape index (κ1) is 18.6. The first-order valence-corrected chi connectivity index (χ1v) is 8.51. The number of nitrogens with one attached hydrogen (secondary N) is 1. The molecule has 5 heteroatoms. The Kier molecular flexibility index (Phi) is 7.14. The zero-order valence-electron chi connectivity index (χ0n) is 15.1. The molecule has 0 fully saturated rings. The van der Waals surface area contributed by atoms with Gasteiger partial charge in [0.15, 0.2) is 18.1 Å². The SMILES string of the molecule is CCCCN(C)c1ccc(NC(=O)COc2ccccc2OC)cc1. The van der Waals surface area contributed by atoms with Crippen LogP contribution in [-0.4, -0.2) is 33.2 Å². The minimum atomic E-state index is -0.210. The first-order valence-electron chi connectivity index (χ1n) is 8.51. The zero-order valence-corrected chi connectivity index (χ0v) is 15.1. The van der Waals surface area contributed by atoms with E-state index in [0.29, 0.717) is 11.5 Å². The summed E-state index contributed by atoms with van der Waals surface area (Å²) >= 11 is 0. The summed E-state index contributed by atoms with van der Waals surface area (Å²) in [5.41, 5.74) is 1.89. The highest BCUT2D eigenvalue weighted by atomic mass is 16.5. The number of nitrogens with zero attached hydrogens (tertiary/aromatic N) is 1. The predicted octanol–water partition coefficient (Wildman–Crippen LogP) is 3.95. The average molecular weight is 342 g/mol. The molecular weight excluding hydrogens is 316 g/mol. The van der Waals surface area contributed by atoms with Crippen molar-refractivity contribution in [3.63, 3.8) is 0 Å². The van der Waals surface area contributed by atoms with Gasteiger partial charge < -0.3 is 19.7 Å². The number of anilines is 2. The standard InChI is InChI=1S/C20H26N2O3/c1-4-5-14-22(2)17-12-10-16(11-13-17)21-20(23)15-25-19-9-7-6-8-18(19)24-3/h6-13H,4-5,14-15H2,1-3H3,(H,21,23). The molecule has 0 unspecified atom stereocenters. The number of para-hydroxylation sites is 2. The van der Waals surface area contributed by atoms with Crippen LogP contribution in [0.5, 0.6) is 11.5 Å². The Morgan fingerprint density at radius 1 is 1.08 bits per heavy atom. The maximum atomic E-state index is 12.1. The van der Waals surface area contributed by atoms with Crippen LogP contribution >= 0.6 is 0 Å². The number of benzene rings is 2. The lowest BCUT2D eigenvalue weighted by Crippen LogP contribution is -2.21. The van der Waals surface area contributed by atoms with Crippen LogP contribution in [0.2, 0.25) is 0 Å². The molecule has 0 bridgehead atoms. The van der Waals surface area contributed by atoms with Gasteiger partial charge in [-0.2, -0.15) is 0 Å². The second kappa shape index (κ2) is 9.57. The fraction of sp³-hybridized carbons (Fsp3) is 0.350. The number of methoxy groups -OCH3 is 1. The average Bonchev–Trinajstić information content (AvgIpc) is 2.65. The van der Waals surface area contributed by atoms with Crippen molar-refractivity contribution in [3.8, 4) is 11.5 Å². The predicted molar refractivity (Wildman–Crippen MR) is 102 cm³/mol. The molecule has 2 rings (SSSR count). The van der Waals surface area contributed by atoms with Gasteiger partial charge in [0, 0.05) is 25.0 Å². The van der Waals surface area contributed by atoms with Gasteiger partial charge in [0.25, 0.3) is 5.91 Å². The number of carbonyl (C=O) groups excluding carboxylic acids is 1. The van der Waals surface area contributed by atoms with Gasteiger partial charge in [0.05, 0.1) is 7.11 Å². The third-order valence-corrected chi connectivity index (χ3v) is 3.87. The molecule has 0 aromatic heterocycles. The van der Waals surface area contributed by atoms with Gasteiger partial charge in [0.2, 0.25) is 0 Å². The fourth-order valence-corrected chi connectivity index (χ4v) is 2.40. The Morgan fingerprint density at radius 2 is 1.76 bits per heavy atom. The van der Waals surface area contributed by atoms with Crippen LogP contribution in [0.4, 0.5) is 11.4 Å². The molecule has 1 N–H and O–H groups in total. The van der Waals surface area contributed by atoms with Gasteiger partial charge in [-0.3, -0.25) is 4.79 Å². The number of ether oxygens (including phenoxy) is 2. The molecule has 25 heavy (non-hydrogen) atoms. The quantitative estimate of drug-likeness (QED) is 0.750. The van der Waals surface area contributed by atoms with E-state index in [9.17, 15) is 4.79 Å².